The number of rotatable bonds is 7. The van der Waals surface area contributed by atoms with Gasteiger partial charge in [-0.05, 0) is 32.4 Å². The van der Waals surface area contributed by atoms with Gasteiger partial charge in [0.25, 0.3) is 0 Å². The highest BCUT2D eigenvalue weighted by molar-refractivity contribution is 5.83. The molecule has 1 aliphatic rings. The molecule has 0 atom stereocenters. The van der Waals surface area contributed by atoms with E-state index in [9.17, 15) is 0 Å². The zero-order valence-electron chi connectivity index (χ0n) is 10.9. The van der Waals surface area contributed by atoms with Crippen LogP contribution in [0.5, 0.6) is 0 Å². The van der Waals surface area contributed by atoms with Gasteiger partial charge in [0.2, 0.25) is 0 Å². The van der Waals surface area contributed by atoms with Gasteiger partial charge in [0.15, 0.2) is 0 Å². The monoisotopic (exact) mass is 225 g/mol. The largest absolute Gasteiger partial charge is 0.387 e. The van der Waals surface area contributed by atoms with Crippen LogP contribution in [-0.2, 0) is 0 Å². The Morgan fingerprint density at radius 3 is 2.50 bits per heavy atom. The van der Waals surface area contributed by atoms with Gasteiger partial charge in [0.05, 0.1) is 12.4 Å². The van der Waals surface area contributed by atoms with Crippen molar-refractivity contribution in [3.63, 3.8) is 0 Å². The molecule has 0 spiro atoms. The maximum Gasteiger partial charge on any atom is 0.0968 e. The zero-order valence-corrected chi connectivity index (χ0v) is 10.9. The Kier molecular flexibility index (Phi) is 6.46. The van der Waals surface area contributed by atoms with Gasteiger partial charge in [-0.25, -0.2) is 0 Å². The van der Waals surface area contributed by atoms with Crippen molar-refractivity contribution < 1.29 is 0 Å². The Morgan fingerprint density at radius 1 is 1.25 bits per heavy atom. The molecule has 0 heterocycles. The predicted octanol–water partition coefficient (Wildman–Crippen LogP) is 2.27. The quantitative estimate of drug-likeness (QED) is 0.533. The third-order valence-electron chi connectivity index (χ3n) is 3.47. The molecule has 0 aromatic rings. The van der Waals surface area contributed by atoms with Crippen molar-refractivity contribution in [1.82, 2.24) is 4.90 Å². The molecule has 16 heavy (non-hydrogen) atoms. The first-order valence-corrected chi connectivity index (χ1v) is 6.80. The van der Waals surface area contributed by atoms with Gasteiger partial charge in [-0.15, -0.1) is 0 Å². The standard InChI is InChI=1S/C13H27N3/c1-3-10-16(4-2)11-9-15-13(14)12-7-5-6-8-12/h12H,3-11H2,1-2H3,(H2,14,15). The smallest absolute Gasteiger partial charge is 0.0968 e. The molecular weight excluding hydrogens is 198 g/mol. The van der Waals surface area contributed by atoms with Crippen LogP contribution in [0.25, 0.3) is 0 Å². The number of hydrogen-bond donors (Lipinski definition) is 1. The Hall–Kier alpha value is -0.570. The summed E-state index contributed by atoms with van der Waals surface area (Å²) in [4.78, 5) is 6.96. The van der Waals surface area contributed by atoms with Crippen molar-refractivity contribution in [3.05, 3.63) is 0 Å². The zero-order chi connectivity index (χ0) is 11.8. The first kappa shape index (κ1) is 13.5. The van der Waals surface area contributed by atoms with E-state index in [-0.39, 0.29) is 0 Å². The molecule has 1 fully saturated rings. The minimum Gasteiger partial charge on any atom is -0.387 e. The predicted molar refractivity (Wildman–Crippen MR) is 70.9 cm³/mol. The fourth-order valence-corrected chi connectivity index (χ4v) is 2.42. The van der Waals surface area contributed by atoms with Gasteiger partial charge in [0.1, 0.15) is 0 Å². The Labute approximate surface area is 100 Å². The average molecular weight is 225 g/mol. The molecule has 94 valence electrons. The summed E-state index contributed by atoms with van der Waals surface area (Å²) in [7, 11) is 0. The summed E-state index contributed by atoms with van der Waals surface area (Å²) in [5.74, 6) is 1.49. The summed E-state index contributed by atoms with van der Waals surface area (Å²) in [6, 6.07) is 0. The molecule has 0 unspecified atom stereocenters. The molecule has 0 aromatic carbocycles. The third kappa shape index (κ3) is 4.52. The van der Waals surface area contributed by atoms with Crippen LogP contribution in [0.3, 0.4) is 0 Å². The van der Waals surface area contributed by atoms with Gasteiger partial charge in [-0.3, -0.25) is 4.99 Å². The highest BCUT2D eigenvalue weighted by atomic mass is 15.1. The molecule has 3 heteroatoms. The van der Waals surface area contributed by atoms with Gasteiger partial charge < -0.3 is 10.6 Å². The number of nitrogens with zero attached hydrogens (tertiary/aromatic N) is 2. The van der Waals surface area contributed by atoms with Crippen LogP contribution in [0, 0.1) is 5.92 Å². The maximum atomic E-state index is 6.01. The van der Waals surface area contributed by atoms with Crippen molar-refractivity contribution in [2.75, 3.05) is 26.2 Å². The minimum atomic E-state index is 0.584. The van der Waals surface area contributed by atoms with Crippen LogP contribution < -0.4 is 5.73 Å². The molecule has 0 saturated heterocycles. The lowest BCUT2D eigenvalue weighted by Crippen LogP contribution is -2.28. The van der Waals surface area contributed by atoms with E-state index in [1.165, 1.54) is 38.6 Å². The molecule has 0 radical (unpaired) electrons. The molecule has 3 nitrogen and oxygen atoms in total. The van der Waals surface area contributed by atoms with E-state index in [2.05, 4.69) is 23.7 Å². The molecule has 0 aromatic heterocycles. The summed E-state index contributed by atoms with van der Waals surface area (Å²) >= 11 is 0. The fourth-order valence-electron chi connectivity index (χ4n) is 2.42. The molecule has 1 aliphatic carbocycles. The number of amidine groups is 1. The van der Waals surface area contributed by atoms with Crippen LogP contribution in [0.15, 0.2) is 4.99 Å². The van der Waals surface area contributed by atoms with Crippen molar-refractivity contribution in [3.8, 4) is 0 Å². The van der Waals surface area contributed by atoms with Crippen LogP contribution in [0.4, 0.5) is 0 Å². The normalized spacial score (nSPS) is 18.6. The van der Waals surface area contributed by atoms with Crippen LogP contribution in [0.2, 0.25) is 0 Å². The third-order valence-corrected chi connectivity index (χ3v) is 3.47. The van der Waals surface area contributed by atoms with E-state index in [1.807, 2.05) is 0 Å². The molecular formula is C13H27N3. The fraction of sp³-hybridized carbons (Fsp3) is 0.923. The van der Waals surface area contributed by atoms with E-state index in [0.29, 0.717) is 5.92 Å². The second kappa shape index (κ2) is 7.66. The topological polar surface area (TPSA) is 41.6 Å². The van der Waals surface area contributed by atoms with Crippen LogP contribution in [0.1, 0.15) is 46.0 Å². The summed E-state index contributed by atoms with van der Waals surface area (Å²) in [6.45, 7) is 8.65. The van der Waals surface area contributed by atoms with Gasteiger partial charge in [-0.2, -0.15) is 0 Å². The van der Waals surface area contributed by atoms with Gasteiger partial charge in [-0.1, -0.05) is 26.7 Å². The average Bonchev–Trinajstić information content (AvgIpc) is 2.81. The number of aliphatic imine (C=N–C) groups is 1. The molecule has 2 N–H and O–H groups in total. The molecule has 0 amide bonds. The summed E-state index contributed by atoms with van der Waals surface area (Å²) in [6.07, 6.45) is 6.38. The maximum absolute atomic E-state index is 6.01. The lowest BCUT2D eigenvalue weighted by Gasteiger charge is -2.18. The van der Waals surface area contributed by atoms with Crippen molar-refractivity contribution in [1.29, 1.82) is 0 Å². The molecule has 0 bridgehead atoms. The van der Waals surface area contributed by atoms with E-state index in [0.717, 1.165) is 25.5 Å². The molecule has 1 rings (SSSR count). The molecule has 1 saturated carbocycles. The Bertz CT molecular complexity index is 207. The highest BCUT2D eigenvalue weighted by Crippen LogP contribution is 2.24. The summed E-state index contributed by atoms with van der Waals surface area (Å²) < 4.78 is 0. The number of nitrogens with two attached hydrogens (primary N) is 1. The Balaban J connectivity index is 2.23. The number of hydrogen-bond acceptors (Lipinski definition) is 2. The van der Waals surface area contributed by atoms with Gasteiger partial charge in [0, 0.05) is 12.5 Å². The lowest BCUT2D eigenvalue weighted by atomic mass is 10.1. The first-order valence-electron chi connectivity index (χ1n) is 6.80. The van der Waals surface area contributed by atoms with Crippen molar-refractivity contribution in [2.45, 2.75) is 46.0 Å². The molecule has 0 aliphatic heterocycles. The lowest BCUT2D eigenvalue weighted by molar-refractivity contribution is 0.297. The van der Waals surface area contributed by atoms with Crippen LogP contribution in [-0.4, -0.2) is 36.9 Å². The van der Waals surface area contributed by atoms with Crippen LogP contribution >= 0.6 is 0 Å². The summed E-state index contributed by atoms with van der Waals surface area (Å²) in [5.41, 5.74) is 6.01. The highest BCUT2D eigenvalue weighted by Gasteiger charge is 2.18. The van der Waals surface area contributed by atoms with E-state index in [4.69, 9.17) is 5.73 Å². The second-order valence-electron chi connectivity index (χ2n) is 4.72. The first-order chi connectivity index (χ1) is 7.77. The van der Waals surface area contributed by atoms with E-state index >= 15 is 0 Å². The minimum absolute atomic E-state index is 0.584. The van der Waals surface area contributed by atoms with Crippen molar-refractivity contribution in [2.24, 2.45) is 16.6 Å². The van der Waals surface area contributed by atoms with E-state index in [1.54, 1.807) is 0 Å². The Morgan fingerprint density at radius 2 is 1.94 bits per heavy atom. The second-order valence-corrected chi connectivity index (χ2v) is 4.72. The van der Waals surface area contributed by atoms with E-state index < -0.39 is 0 Å². The van der Waals surface area contributed by atoms with Gasteiger partial charge >= 0.3 is 0 Å². The van der Waals surface area contributed by atoms with Crippen molar-refractivity contribution >= 4 is 5.84 Å². The number of likely N-dealkylation sites (N-methyl/N-ethyl adjacent to an activating group) is 1. The summed E-state index contributed by atoms with van der Waals surface area (Å²) in [5, 5.41) is 0. The SMILES string of the molecule is CCCN(CC)CCN=C(N)C1CCCC1.